The summed E-state index contributed by atoms with van der Waals surface area (Å²) in [6.07, 6.45) is 9.85. The van der Waals surface area contributed by atoms with Crippen LogP contribution in [0, 0.1) is 56.2 Å². The van der Waals surface area contributed by atoms with Crippen molar-refractivity contribution in [3.8, 4) is 0 Å². The molecule has 6 heteroatoms. The van der Waals surface area contributed by atoms with Crippen molar-refractivity contribution in [3.63, 3.8) is 0 Å². The summed E-state index contributed by atoms with van der Waals surface area (Å²) >= 11 is 0. The third-order valence-electron chi connectivity index (χ3n) is 17.2. The number of allylic oxidation sites excluding steroid dienone is 2. The van der Waals surface area contributed by atoms with E-state index < -0.39 is 25.0 Å². The van der Waals surface area contributed by atoms with E-state index in [4.69, 9.17) is 9.47 Å². The maximum Gasteiger partial charge on any atom is 0.312 e. The number of hydrogen-bond acceptors (Lipinski definition) is 5. The first kappa shape index (κ1) is 40.2. The number of rotatable bonds is 8. The molecule has 5 nitrogen and oxygen atoms in total. The van der Waals surface area contributed by atoms with Crippen LogP contribution >= 0.6 is 0 Å². The Bertz CT molecular complexity index is 1790. The first-order valence-electron chi connectivity index (χ1n) is 21.5. The minimum absolute atomic E-state index is 0.0203. The summed E-state index contributed by atoms with van der Waals surface area (Å²) in [7, 11) is -1.35. The van der Waals surface area contributed by atoms with E-state index in [1.807, 2.05) is 60.7 Å². The van der Waals surface area contributed by atoms with Crippen LogP contribution in [0.25, 0.3) is 0 Å². The van der Waals surface area contributed by atoms with Crippen molar-refractivity contribution in [3.05, 3.63) is 83.4 Å². The monoisotopic (exact) mass is 764 g/mol. The van der Waals surface area contributed by atoms with Gasteiger partial charge in [0.15, 0.2) is 11.9 Å². The SMILES string of the molecule is C[C@H]1CC[C@@]2(C)[C@@H](CC[C@]3(C)[C@@H]2C(=O)C=C2[C@@H]4C[C@@](C)(C(=O)OC(c5ccccc5)c5ccccc5)CC[C@]4(C)CC[C@]23C)[C@]1(C)C(=O)OCC[Si](C)(C)C. The van der Waals surface area contributed by atoms with E-state index in [2.05, 4.69) is 74.2 Å². The average Bonchev–Trinajstić information content (AvgIpc) is 3.14. The topological polar surface area (TPSA) is 69.7 Å². The Labute approximate surface area is 332 Å². The molecule has 0 bridgehead atoms. The molecule has 2 aromatic carbocycles. The Morgan fingerprint density at radius 1 is 0.782 bits per heavy atom. The fourth-order valence-corrected chi connectivity index (χ4v) is 13.7. The Balaban J connectivity index is 1.20. The minimum Gasteiger partial charge on any atom is -0.466 e. The van der Waals surface area contributed by atoms with Crippen LogP contribution in [0.2, 0.25) is 25.7 Å². The Hall–Kier alpha value is -2.99. The van der Waals surface area contributed by atoms with Gasteiger partial charge in [-0.1, -0.05) is 120 Å². The number of ether oxygens (including phenoxy) is 2. The molecule has 0 aliphatic heterocycles. The Morgan fingerprint density at radius 3 is 1.98 bits per heavy atom. The molecular formula is C49H68O5Si. The maximum absolute atomic E-state index is 15.1. The number of fused-ring (bicyclic) bond motifs is 7. The Morgan fingerprint density at radius 2 is 1.38 bits per heavy atom. The lowest BCUT2D eigenvalue weighted by Crippen LogP contribution is -2.67. The van der Waals surface area contributed by atoms with Crippen molar-refractivity contribution >= 4 is 25.8 Å². The second-order valence-corrected chi connectivity index (χ2v) is 27.2. The van der Waals surface area contributed by atoms with E-state index in [0.29, 0.717) is 13.0 Å². The lowest BCUT2D eigenvalue weighted by atomic mass is 9.33. The van der Waals surface area contributed by atoms with Gasteiger partial charge in [0.1, 0.15) is 0 Å². The average molecular weight is 765 g/mol. The molecule has 0 radical (unpaired) electrons. The largest absolute Gasteiger partial charge is 0.466 e. The van der Waals surface area contributed by atoms with E-state index in [9.17, 15) is 9.59 Å². The molecule has 0 N–H and O–H groups in total. The van der Waals surface area contributed by atoms with Gasteiger partial charge in [-0.15, -0.1) is 0 Å². The third-order valence-corrected chi connectivity index (χ3v) is 18.9. The molecular weight excluding hydrogens is 697 g/mol. The second kappa shape index (κ2) is 13.8. The predicted octanol–water partition coefficient (Wildman–Crippen LogP) is 11.8. The highest BCUT2D eigenvalue weighted by atomic mass is 28.3. The van der Waals surface area contributed by atoms with Gasteiger partial charge >= 0.3 is 11.9 Å². The minimum atomic E-state index is -1.35. The molecule has 2 aromatic rings. The van der Waals surface area contributed by atoms with Gasteiger partial charge < -0.3 is 9.47 Å². The molecule has 4 fully saturated rings. The number of carbonyl (C=O) groups is 3. The van der Waals surface area contributed by atoms with Crippen LogP contribution in [0.15, 0.2) is 72.3 Å². The van der Waals surface area contributed by atoms with Crippen molar-refractivity contribution in [2.24, 2.45) is 56.2 Å². The van der Waals surface area contributed by atoms with Gasteiger partial charge in [-0.25, -0.2) is 0 Å². The van der Waals surface area contributed by atoms with E-state index in [-0.39, 0.29) is 63.1 Å². The predicted molar refractivity (Wildman–Crippen MR) is 223 cm³/mol. The molecule has 0 unspecified atom stereocenters. The van der Waals surface area contributed by atoms with Gasteiger partial charge in [-0.2, -0.15) is 0 Å². The highest BCUT2D eigenvalue weighted by Gasteiger charge is 2.71. The van der Waals surface area contributed by atoms with Gasteiger partial charge in [0.25, 0.3) is 0 Å². The highest BCUT2D eigenvalue weighted by Crippen LogP contribution is 2.75. The van der Waals surface area contributed by atoms with Crippen molar-refractivity contribution in [1.29, 1.82) is 0 Å². The lowest BCUT2D eigenvalue weighted by Gasteiger charge is -2.70. The number of benzene rings is 2. The van der Waals surface area contributed by atoms with Gasteiger partial charge in [0.05, 0.1) is 17.4 Å². The molecule has 0 heterocycles. The zero-order chi connectivity index (χ0) is 39.8. The zero-order valence-corrected chi connectivity index (χ0v) is 36.6. The molecule has 0 aromatic heterocycles. The van der Waals surface area contributed by atoms with Crippen LogP contribution in [0.5, 0.6) is 0 Å². The van der Waals surface area contributed by atoms with Crippen LogP contribution in [0.4, 0.5) is 0 Å². The van der Waals surface area contributed by atoms with E-state index in [1.54, 1.807) is 0 Å². The molecule has 5 aliphatic carbocycles. The fraction of sp³-hybridized carbons (Fsp3) is 0.653. The van der Waals surface area contributed by atoms with Crippen LogP contribution in [-0.4, -0.2) is 32.4 Å². The summed E-state index contributed by atoms with van der Waals surface area (Å²) in [5, 5.41) is 0. The fourth-order valence-electron chi connectivity index (χ4n) is 13.0. The standard InChI is InChI=1S/C49H68O5Si/c1-33-21-23-46(4)39(49(33,7)43(52)53-29-30-55(8,9)10)22-24-48(6)41(46)38(50)31-36-37-32-45(3,26-25-44(37,2)27-28-47(36,48)5)42(51)54-40(34-17-13-11-14-18-34)35-19-15-12-16-20-35/h11-20,31,33,37,39-41H,21-30,32H2,1-10H3/t33-,37-,39+,41+,44+,45-,46-,47+,48+,49+/m0/s1. The van der Waals surface area contributed by atoms with Crippen molar-refractivity contribution in [1.82, 2.24) is 0 Å². The molecule has 5 aliphatic rings. The zero-order valence-electron chi connectivity index (χ0n) is 35.6. The molecule has 0 amide bonds. The summed E-state index contributed by atoms with van der Waals surface area (Å²) in [5.41, 5.74) is 1.22. The van der Waals surface area contributed by atoms with Crippen LogP contribution in [0.3, 0.4) is 0 Å². The molecule has 7 rings (SSSR count). The number of hydrogen-bond donors (Lipinski definition) is 0. The second-order valence-electron chi connectivity index (χ2n) is 21.5. The van der Waals surface area contributed by atoms with E-state index in [0.717, 1.165) is 68.5 Å². The van der Waals surface area contributed by atoms with Crippen LogP contribution in [-0.2, 0) is 23.9 Å². The lowest BCUT2D eigenvalue weighted by molar-refractivity contribution is -0.208. The quantitative estimate of drug-likeness (QED) is 0.198. The summed E-state index contributed by atoms with van der Waals surface area (Å²) in [6, 6.07) is 21.1. The summed E-state index contributed by atoms with van der Waals surface area (Å²) < 4.78 is 12.7. The number of esters is 2. The number of carbonyl (C=O) groups excluding carboxylic acids is 3. The normalized spacial score (nSPS) is 39.8. The smallest absolute Gasteiger partial charge is 0.312 e. The summed E-state index contributed by atoms with van der Waals surface area (Å²) in [4.78, 5) is 43.9. The van der Waals surface area contributed by atoms with Gasteiger partial charge in [-0.05, 0) is 134 Å². The summed E-state index contributed by atoms with van der Waals surface area (Å²) in [5.74, 6) is 0.309. The van der Waals surface area contributed by atoms with Crippen molar-refractivity contribution in [2.45, 2.75) is 138 Å². The summed E-state index contributed by atoms with van der Waals surface area (Å²) in [6.45, 7) is 23.6. The number of ketones is 1. The maximum atomic E-state index is 15.1. The highest BCUT2D eigenvalue weighted by molar-refractivity contribution is 6.76. The molecule has 10 atom stereocenters. The van der Waals surface area contributed by atoms with Crippen molar-refractivity contribution < 1.29 is 23.9 Å². The van der Waals surface area contributed by atoms with Crippen LogP contribution < -0.4 is 0 Å². The van der Waals surface area contributed by atoms with E-state index in [1.165, 1.54) is 5.57 Å². The Kier molecular flexibility index (Phi) is 10.1. The van der Waals surface area contributed by atoms with Gasteiger partial charge in [0.2, 0.25) is 0 Å². The van der Waals surface area contributed by atoms with Crippen LogP contribution in [0.1, 0.15) is 123 Å². The van der Waals surface area contributed by atoms with Gasteiger partial charge in [0, 0.05) is 14.0 Å². The molecule has 298 valence electrons. The molecule has 0 spiro atoms. The molecule has 55 heavy (non-hydrogen) atoms. The van der Waals surface area contributed by atoms with Crippen molar-refractivity contribution in [2.75, 3.05) is 6.61 Å². The molecule has 4 saturated carbocycles. The molecule has 0 saturated heterocycles. The first-order chi connectivity index (χ1) is 25.7. The first-order valence-corrected chi connectivity index (χ1v) is 25.2. The third kappa shape index (κ3) is 6.43. The van der Waals surface area contributed by atoms with Gasteiger partial charge in [-0.3, -0.25) is 14.4 Å². The van der Waals surface area contributed by atoms with E-state index >= 15 is 4.79 Å².